The second kappa shape index (κ2) is 6.09. The molecule has 3 atom stereocenters. The van der Waals surface area contributed by atoms with E-state index in [1.165, 1.54) is 12.0 Å². The molecule has 0 bridgehead atoms. The van der Waals surface area contributed by atoms with Crippen molar-refractivity contribution in [1.29, 1.82) is 0 Å². The zero-order chi connectivity index (χ0) is 13.9. The van der Waals surface area contributed by atoms with Gasteiger partial charge in [0.1, 0.15) is 5.78 Å². The van der Waals surface area contributed by atoms with Crippen LogP contribution in [0.3, 0.4) is 0 Å². The SMILES string of the molecule is CC1CCC(=O)C(CN2CCC(c3ccccc3)C2)C1. The van der Waals surface area contributed by atoms with Crippen molar-refractivity contribution in [3.63, 3.8) is 0 Å². The van der Waals surface area contributed by atoms with Crippen molar-refractivity contribution in [1.82, 2.24) is 4.90 Å². The Morgan fingerprint density at radius 1 is 1.20 bits per heavy atom. The first-order valence-corrected chi connectivity index (χ1v) is 8.02. The largest absolute Gasteiger partial charge is 0.302 e. The second-order valence-corrected chi connectivity index (χ2v) is 6.70. The number of hydrogen-bond donors (Lipinski definition) is 0. The van der Waals surface area contributed by atoms with Crippen LogP contribution in [0, 0.1) is 11.8 Å². The number of rotatable bonds is 3. The Bertz CT molecular complexity index is 456. The lowest BCUT2D eigenvalue weighted by atomic mass is 9.81. The predicted octanol–water partition coefficient (Wildman–Crippen LogP) is 3.48. The maximum Gasteiger partial charge on any atom is 0.137 e. The number of likely N-dealkylation sites (tertiary alicyclic amines) is 1. The molecule has 1 saturated carbocycles. The van der Waals surface area contributed by atoms with E-state index in [1.807, 2.05) is 0 Å². The third kappa shape index (κ3) is 3.12. The zero-order valence-electron chi connectivity index (χ0n) is 12.4. The third-order valence-corrected chi connectivity index (χ3v) is 5.05. The molecule has 0 N–H and O–H groups in total. The van der Waals surface area contributed by atoms with E-state index in [1.54, 1.807) is 0 Å². The fourth-order valence-corrected chi connectivity index (χ4v) is 3.81. The lowest BCUT2D eigenvalue weighted by Gasteiger charge is -2.29. The molecule has 1 aromatic rings. The molecule has 1 heterocycles. The summed E-state index contributed by atoms with van der Waals surface area (Å²) >= 11 is 0. The normalized spacial score (nSPS) is 31.6. The number of hydrogen-bond acceptors (Lipinski definition) is 2. The standard InChI is InChI=1S/C18H25NO/c1-14-7-8-18(20)17(11-14)13-19-10-9-16(12-19)15-5-3-2-4-6-15/h2-6,14,16-17H,7-13H2,1H3. The van der Waals surface area contributed by atoms with Crippen LogP contribution in [0.15, 0.2) is 30.3 Å². The van der Waals surface area contributed by atoms with Crippen LogP contribution >= 0.6 is 0 Å². The molecule has 2 nitrogen and oxygen atoms in total. The van der Waals surface area contributed by atoms with Crippen LogP contribution < -0.4 is 0 Å². The summed E-state index contributed by atoms with van der Waals surface area (Å²) in [5.41, 5.74) is 1.46. The highest BCUT2D eigenvalue weighted by Crippen LogP contribution is 2.31. The first-order valence-electron chi connectivity index (χ1n) is 8.02. The number of carbonyl (C=O) groups is 1. The Kier molecular flexibility index (Phi) is 4.21. The first-order chi connectivity index (χ1) is 9.72. The van der Waals surface area contributed by atoms with E-state index in [-0.39, 0.29) is 0 Å². The van der Waals surface area contributed by atoms with Crippen molar-refractivity contribution < 1.29 is 4.79 Å². The second-order valence-electron chi connectivity index (χ2n) is 6.70. The van der Waals surface area contributed by atoms with Gasteiger partial charge in [-0.2, -0.15) is 0 Å². The van der Waals surface area contributed by atoms with Crippen molar-refractivity contribution in [2.24, 2.45) is 11.8 Å². The summed E-state index contributed by atoms with van der Waals surface area (Å²) in [6, 6.07) is 10.8. The topological polar surface area (TPSA) is 20.3 Å². The summed E-state index contributed by atoms with van der Waals surface area (Å²) in [5, 5.41) is 0. The lowest BCUT2D eigenvalue weighted by molar-refractivity contribution is -0.126. The molecule has 0 aromatic heterocycles. The molecule has 0 amide bonds. The van der Waals surface area contributed by atoms with Gasteiger partial charge in [-0.1, -0.05) is 37.3 Å². The number of carbonyl (C=O) groups excluding carboxylic acids is 1. The molecule has 0 radical (unpaired) electrons. The number of Topliss-reactive ketones (excluding diaryl/α,β-unsaturated/α-hetero) is 1. The molecular weight excluding hydrogens is 246 g/mol. The van der Waals surface area contributed by atoms with Gasteiger partial charge in [0.15, 0.2) is 0 Å². The van der Waals surface area contributed by atoms with Crippen LogP contribution in [-0.4, -0.2) is 30.3 Å². The average Bonchev–Trinajstić information content (AvgIpc) is 2.92. The minimum Gasteiger partial charge on any atom is -0.302 e. The van der Waals surface area contributed by atoms with Crippen LogP contribution in [0.4, 0.5) is 0 Å². The maximum atomic E-state index is 12.1. The minimum absolute atomic E-state index is 0.299. The Morgan fingerprint density at radius 3 is 2.80 bits per heavy atom. The Balaban J connectivity index is 1.56. The number of benzene rings is 1. The molecule has 1 aromatic carbocycles. The van der Waals surface area contributed by atoms with Crippen molar-refractivity contribution in [3.05, 3.63) is 35.9 Å². The van der Waals surface area contributed by atoms with Gasteiger partial charge in [0.25, 0.3) is 0 Å². The molecule has 1 saturated heterocycles. The third-order valence-electron chi connectivity index (χ3n) is 5.05. The van der Waals surface area contributed by atoms with Gasteiger partial charge in [-0.25, -0.2) is 0 Å². The van der Waals surface area contributed by atoms with Gasteiger partial charge >= 0.3 is 0 Å². The van der Waals surface area contributed by atoms with Gasteiger partial charge in [-0.15, -0.1) is 0 Å². The Morgan fingerprint density at radius 2 is 2.00 bits per heavy atom. The van der Waals surface area contributed by atoms with Crippen molar-refractivity contribution >= 4 is 5.78 Å². The summed E-state index contributed by atoms with van der Waals surface area (Å²) in [5.74, 6) is 2.19. The summed E-state index contributed by atoms with van der Waals surface area (Å²) in [6.07, 6.45) is 4.25. The average molecular weight is 271 g/mol. The molecule has 3 rings (SSSR count). The Labute approximate surface area is 122 Å². The predicted molar refractivity (Wildman–Crippen MR) is 81.8 cm³/mol. The molecule has 2 heteroatoms. The quantitative estimate of drug-likeness (QED) is 0.839. The van der Waals surface area contributed by atoms with Gasteiger partial charge in [0.05, 0.1) is 0 Å². The van der Waals surface area contributed by atoms with Gasteiger partial charge in [0.2, 0.25) is 0 Å². The van der Waals surface area contributed by atoms with E-state index >= 15 is 0 Å². The van der Waals surface area contributed by atoms with E-state index < -0.39 is 0 Å². The Hall–Kier alpha value is -1.15. The summed E-state index contributed by atoms with van der Waals surface area (Å²) in [6.45, 7) is 5.56. The molecule has 1 aliphatic heterocycles. The number of ketones is 1. The molecule has 108 valence electrons. The summed E-state index contributed by atoms with van der Waals surface area (Å²) < 4.78 is 0. The monoisotopic (exact) mass is 271 g/mol. The molecule has 2 aliphatic rings. The van der Waals surface area contributed by atoms with Crippen molar-refractivity contribution in [2.75, 3.05) is 19.6 Å². The zero-order valence-corrected chi connectivity index (χ0v) is 12.4. The highest BCUT2D eigenvalue weighted by molar-refractivity contribution is 5.81. The van der Waals surface area contributed by atoms with Gasteiger partial charge in [0, 0.05) is 25.4 Å². The molecule has 20 heavy (non-hydrogen) atoms. The van der Waals surface area contributed by atoms with Crippen molar-refractivity contribution in [3.8, 4) is 0 Å². The molecule has 3 unspecified atom stereocenters. The highest BCUT2D eigenvalue weighted by Gasteiger charge is 2.31. The molecule has 1 aliphatic carbocycles. The smallest absolute Gasteiger partial charge is 0.137 e. The van der Waals surface area contributed by atoms with Crippen LogP contribution in [0.2, 0.25) is 0 Å². The molecule has 2 fully saturated rings. The van der Waals surface area contributed by atoms with Gasteiger partial charge < -0.3 is 4.90 Å². The number of nitrogens with zero attached hydrogens (tertiary/aromatic N) is 1. The van der Waals surface area contributed by atoms with Crippen LogP contribution in [0.5, 0.6) is 0 Å². The minimum atomic E-state index is 0.299. The van der Waals surface area contributed by atoms with Crippen LogP contribution in [0.25, 0.3) is 0 Å². The fourth-order valence-electron chi connectivity index (χ4n) is 3.81. The van der Waals surface area contributed by atoms with Gasteiger partial charge in [-0.3, -0.25) is 4.79 Å². The van der Waals surface area contributed by atoms with Crippen LogP contribution in [-0.2, 0) is 4.79 Å². The van der Waals surface area contributed by atoms with E-state index in [2.05, 4.69) is 42.2 Å². The van der Waals surface area contributed by atoms with E-state index in [9.17, 15) is 4.79 Å². The van der Waals surface area contributed by atoms with E-state index in [4.69, 9.17) is 0 Å². The maximum absolute atomic E-state index is 12.1. The van der Waals surface area contributed by atoms with Gasteiger partial charge in [-0.05, 0) is 43.2 Å². The summed E-state index contributed by atoms with van der Waals surface area (Å²) in [7, 11) is 0. The first kappa shape index (κ1) is 13.8. The van der Waals surface area contributed by atoms with Crippen LogP contribution in [0.1, 0.15) is 44.1 Å². The van der Waals surface area contributed by atoms with E-state index in [0.29, 0.717) is 17.6 Å². The fraction of sp³-hybridized carbons (Fsp3) is 0.611. The molecular formula is C18H25NO. The molecule has 0 spiro atoms. The van der Waals surface area contributed by atoms with Crippen molar-refractivity contribution in [2.45, 2.75) is 38.5 Å². The highest BCUT2D eigenvalue weighted by atomic mass is 16.1. The summed E-state index contributed by atoms with van der Waals surface area (Å²) in [4.78, 5) is 14.6. The van der Waals surface area contributed by atoms with E-state index in [0.717, 1.165) is 44.8 Å². The lowest BCUT2D eigenvalue weighted by Crippen LogP contribution is -2.35.